The molecule has 0 amide bonds. The summed E-state index contributed by atoms with van der Waals surface area (Å²) in [6.45, 7) is 4.54. The minimum Gasteiger partial charge on any atom is -0.355 e. The number of rotatable bonds is 1. The number of pyridine rings is 1. The van der Waals surface area contributed by atoms with Crippen LogP contribution in [0.15, 0.2) is 89.7 Å². The van der Waals surface area contributed by atoms with Crippen molar-refractivity contribution in [2.75, 3.05) is 5.32 Å². The second-order valence-corrected chi connectivity index (χ2v) is 8.82. The van der Waals surface area contributed by atoms with Gasteiger partial charge >= 0.3 is 0 Å². The molecule has 0 unspecified atom stereocenters. The number of para-hydroxylation sites is 2. The Morgan fingerprint density at radius 1 is 0.645 bits per heavy atom. The number of hydrogen-bond acceptors (Lipinski definition) is 2. The van der Waals surface area contributed by atoms with Gasteiger partial charge in [-0.3, -0.25) is 4.79 Å². The van der Waals surface area contributed by atoms with Crippen molar-refractivity contribution in [1.82, 2.24) is 4.98 Å². The fraction of sp³-hybridized carbons (Fsp3) is 0.107. The Morgan fingerprint density at radius 3 is 2.23 bits per heavy atom. The Kier molecular flexibility index (Phi) is 3.66. The van der Waals surface area contributed by atoms with Gasteiger partial charge in [0.25, 0.3) is 0 Å². The van der Waals surface area contributed by atoms with Crippen LogP contribution in [0.5, 0.6) is 0 Å². The van der Waals surface area contributed by atoms with Crippen molar-refractivity contribution >= 4 is 33.2 Å². The summed E-state index contributed by atoms with van der Waals surface area (Å²) in [7, 11) is 0. The Balaban J connectivity index is 1.53. The first kappa shape index (κ1) is 18.0. The van der Waals surface area contributed by atoms with Crippen LogP contribution in [0.1, 0.15) is 25.0 Å². The van der Waals surface area contributed by atoms with E-state index in [4.69, 9.17) is 0 Å². The van der Waals surface area contributed by atoms with Crippen LogP contribution >= 0.6 is 0 Å². The highest BCUT2D eigenvalue weighted by molar-refractivity contribution is 5.94. The smallest absolute Gasteiger partial charge is 0.197 e. The number of H-pyrrole nitrogens is 1. The fourth-order valence-electron chi connectivity index (χ4n) is 4.88. The molecule has 31 heavy (non-hydrogen) atoms. The van der Waals surface area contributed by atoms with Gasteiger partial charge in [0.15, 0.2) is 5.43 Å². The van der Waals surface area contributed by atoms with Crippen molar-refractivity contribution in [3.05, 3.63) is 106 Å². The maximum atomic E-state index is 13.1. The van der Waals surface area contributed by atoms with Crippen LogP contribution in [-0.4, -0.2) is 4.98 Å². The van der Waals surface area contributed by atoms with E-state index in [9.17, 15) is 4.79 Å². The molecule has 6 rings (SSSR count). The zero-order valence-electron chi connectivity index (χ0n) is 17.5. The number of aromatic amines is 1. The SMILES string of the molecule is CC1(C)c2ccccc2Nc2ccc(-c3ccc4[nH]c5ccccc5c(=O)c4c3)cc21. The van der Waals surface area contributed by atoms with E-state index in [1.165, 1.54) is 11.1 Å². The third-order valence-corrected chi connectivity index (χ3v) is 6.60. The molecule has 0 bridgehead atoms. The first-order valence-corrected chi connectivity index (χ1v) is 10.6. The van der Waals surface area contributed by atoms with E-state index >= 15 is 0 Å². The van der Waals surface area contributed by atoms with E-state index in [1.54, 1.807) is 0 Å². The van der Waals surface area contributed by atoms with Gasteiger partial charge in [-0.05, 0) is 64.7 Å². The molecule has 0 atom stereocenters. The molecule has 3 heteroatoms. The van der Waals surface area contributed by atoms with Gasteiger partial charge in [-0.1, -0.05) is 56.3 Å². The Morgan fingerprint density at radius 2 is 1.32 bits per heavy atom. The van der Waals surface area contributed by atoms with Crippen LogP contribution in [0, 0.1) is 0 Å². The van der Waals surface area contributed by atoms with Crippen molar-refractivity contribution in [3.63, 3.8) is 0 Å². The third-order valence-electron chi connectivity index (χ3n) is 6.60. The monoisotopic (exact) mass is 402 g/mol. The molecule has 3 nitrogen and oxygen atoms in total. The van der Waals surface area contributed by atoms with Gasteiger partial charge in [0.2, 0.25) is 0 Å². The van der Waals surface area contributed by atoms with Crippen LogP contribution in [0.3, 0.4) is 0 Å². The molecule has 0 radical (unpaired) electrons. The molecule has 4 aromatic carbocycles. The van der Waals surface area contributed by atoms with Gasteiger partial charge in [-0.15, -0.1) is 0 Å². The van der Waals surface area contributed by atoms with Crippen molar-refractivity contribution in [1.29, 1.82) is 0 Å². The van der Waals surface area contributed by atoms with Gasteiger partial charge in [-0.25, -0.2) is 0 Å². The summed E-state index contributed by atoms with van der Waals surface area (Å²) in [4.78, 5) is 16.5. The fourth-order valence-corrected chi connectivity index (χ4v) is 4.88. The summed E-state index contributed by atoms with van der Waals surface area (Å²) in [5, 5.41) is 5.02. The molecule has 0 fully saturated rings. The van der Waals surface area contributed by atoms with E-state index in [2.05, 4.69) is 72.7 Å². The first-order chi connectivity index (χ1) is 15.0. The normalized spacial score (nSPS) is 14.1. The molecule has 5 aromatic rings. The predicted molar refractivity (Wildman–Crippen MR) is 129 cm³/mol. The molecule has 1 aliphatic heterocycles. The van der Waals surface area contributed by atoms with Gasteiger partial charge in [0.1, 0.15) is 0 Å². The number of benzene rings is 4. The molecule has 0 saturated carbocycles. The molecular formula is C28H22N2O. The van der Waals surface area contributed by atoms with E-state index in [1.807, 2.05) is 36.4 Å². The van der Waals surface area contributed by atoms with Gasteiger partial charge in [-0.2, -0.15) is 0 Å². The predicted octanol–water partition coefficient (Wildman–Crippen LogP) is 6.73. The zero-order valence-corrected chi connectivity index (χ0v) is 17.5. The van der Waals surface area contributed by atoms with E-state index in [-0.39, 0.29) is 10.8 Å². The Labute approximate surface area is 180 Å². The highest BCUT2D eigenvalue weighted by Crippen LogP contribution is 2.46. The lowest BCUT2D eigenvalue weighted by Crippen LogP contribution is -2.25. The molecular weight excluding hydrogens is 380 g/mol. The van der Waals surface area contributed by atoms with Crippen LogP contribution in [0.2, 0.25) is 0 Å². The summed E-state index contributed by atoms with van der Waals surface area (Å²) in [6, 6.07) is 28.8. The summed E-state index contributed by atoms with van der Waals surface area (Å²) in [5.74, 6) is 0. The van der Waals surface area contributed by atoms with Crippen LogP contribution < -0.4 is 10.7 Å². The minimum atomic E-state index is -0.113. The minimum absolute atomic E-state index is 0.0695. The summed E-state index contributed by atoms with van der Waals surface area (Å²) in [5.41, 5.74) is 8.70. The summed E-state index contributed by atoms with van der Waals surface area (Å²) < 4.78 is 0. The van der Waals surface area contributed by atoms with Crippen molar-refractivity contribution in [3.8, 4) is 11.1 Å². The van der Waals surface area contributed by atoms with Gasteiger partial charge in [0, 0.05) is 38.6 Å². The molecule has 0 saturated heterocycles. The average Bonchev–Trinajstić information content (AvgIpc) is 2.79. The van der Waals surface area contributed by atoms with Crippen molar-refractivity contribution in [2.45, 2.75) is 19.3 Å². The lowest BCUT2D eigenvalue weighted by Gasteiger charge is -2.36. The molecule has 2 N–H and O–H groups in total. The average molecular weight is 402 g/mol. The number of anilines is 2. The third kappa shape index (κ3) is 2.63. The van der Waals surface area contributed by atoms with Crippen molar-refractivity contribution in [2.24, 2.45) is 0 Å². The first-order valence-electron chi connectivity index (χ1n) is 10.6. The van der Waals surface area contributed by atoms with E-state index < -0.39 is 0 Å². The van der Waals surface area contributed by atoms with Crippen molar-refractivity contribution < 1.29 is 0 Å². The second kappa shape index (κ2) is 6.32. The van der Waals surface area contributed by atoms with Gasteiger partial charge in [0.05, 0.1) is 0 Å². The lowest BCUT2D eigenvalue weighted by molar-refractivity contribution is 0.638. The van der Waals surface area contributed by atoms with E-state index in [0.29, 0.717) is 0 Å². The standard InChI is InChI=1S/C28H22N2O/c1-28(2)21-8-4-6-10-25(21)30-26-14-12-18(16-22(26)28)17-11-13-24-20(15-17)27(31)19-7-3-5-9-23(19)29-24/h3-16,30H,1-2H3,(H,29,31). The Hall–Kier alpha value is -3.85. The highest BCUT2D eigenvalue weighted by Gasteiger charge is 2.32. The highest BCUT2D eigenvalue weighted by atomic mass is 16.1. The maximum absolute atomic E-state index is 13.1. The number of nitrogens with one attached hydrogen (secondary N) is 2. The number of aromatic nitrogens is 1. The second-order valence-electron chi connectivity index (χ2n) is 8.82. The molecule has 1 aromatic heterocycles. The Bertz CT molecular complexity index is 1560. The van der Waals surface area contributed by atoms with Crippen LogP contribution in [0.25, 0.3) is 32.9 Å². The molecule has 150 valence electrons. The van der Waals surface area contributed by atoms with Crippen LogP contribution in [0.4, 0.5) is 11.4 Å². The number of hydrogen-bond donors (Lipinski definition) is 2. The lowest BCUT2D eigenvalue weighted by atomic mass is 9.73. The summed E-state index contributed by atoms with van der Waals surface area (Å²) >= 11 is 0. The molecule has 0 aliphatic carbocycles. The zero-order chi connectivity index (χ0) is 21.2. The summed E-state index contributed by atoms with van der Waals surface area (Å²) in [6.07, 6.45) is 0. The molecule has 2 heterocycles. The van der Waals surface area contributed by atoms with Crippen LogP contribution in [-0.2, 0) is 5.41 Å². The van der Waals surface area contributed by atoms with Gasteiger partial charge < -0.3 is 10.3 Å². The van der Waals surface area contributed by atoms with E-state index in [0.717, 1.165) is 44.3 Å². The molecule has 1 aliphatic rings. The quantitative estimate of drug-likeness (QED) is 0.305. The molecule has 0 spiro atoms. The topological polar surface area (TPSA) is 44.9 Å². The maximum Gasteiger partial charge on any atom is 0.197 e. The largest absolute Gasteiger partial charge is 0.355 e. The number of fused-ring (bicyclic) bond motifs is 4.